The fraction of sp³-hybridized carbons (Fsp3) is 0.489. The van der Waals surface area contributed by atoms with E-state index in [9.17, 15) is 28.8 Å². The number of anilines is 1. The number of rotatable bonds is 20. The first-order chi connectivity index (χ1) is 29.5. The molecule has 1 aromatic heterocycles. The maximum Gasteiger partial charge on any atom is 0.329 e. The molecule has 324 valence electrons. The van der Waals surface area contributed by atoms with Crippen LogP contribution in [-0.2, 0) is 72.8 Å². The molecule has 14 nitrogen and oxygen atoms in total. The van der Waals surface area contributed by atoms with Gasteiger partial charge in [-0.15, -0.1) is 0 Å². The van der Waals surface area contributed by atoms with E-state index in [0.29, 0.717) is 51.0 Å². The smallest absolute Gasteiger partial charge is 0.329 e. The van der Waals surface area contributed by atoms with Gasteiger partial charge in [-0.25, -0.2) is 4.79 Å². The van der Waals surface area contributed by atoms with Gasteiger partial charge >= 0.3 is 5.69 Å². The molecule has 0 aliphatic carbocycles. The number of piperidine rings is 1. The van der Waals surface area contributed by atoms with Crippen LogP contribution in [0.3, 0.4) is 0 Å². The van der Waals surface area contributed by atoms with Crippen molar-refractivity contribution in [3.8, 4) is 0 Å². The number of benzene rings is 3. The molecular formula is C47H58N6O8. The van der Waals surface area contributed by atoms with Gasteiger partial charge in [-0.3, -0.25) is 43.3 Å². The summed E-state index contributed by atoms with van der Waals surface area (Å²) >= 11 is 0. The number of nitrogens with zero attached hydrogens (tertiary/aromatic N) is 3. The van der Waals surface area contributed by atoms with Crippen molar-refractivity contribution in [2.24, 2.45) is 12.8 Å². The Morgan fingerprint density at radius 1 is 0.869 bits per heavy atom. The van der Waals surface area contributed by atoms with E-state index in [-0.39, 0.29) is 36.3 Å². The summed E-state index contributed by atoms with van der Waals surface area (Å²) in [5, 5.41) is 5.46. The third-order valence-corrected chi connectivity index (χ3v) is 12.4. The number of carbonyl (C=O) groups is 5. The number of aromatic nitrogens is 2. The molecule has 1 fully saturated rings. The Balaban J connectivity index is 0.800. The van der Waals surface area contributed by atoms with Crippen molar-refractivity contribution in [1.29, 1.82) is 0 Å². The Labute approximate surface area is 356 Å². The molecule has 7 rings (SSSR count). The number of unbranched alkanes of at least 4 members (excludes halogenated alkanes) is 2. The Hall–Kier alpha value is -5.60. The van der Waals surface area contributed by atoms with Crippen LogP contribution in [0, 0.1) is 0 Å². The van der Waals surface area contributed by atoms with Gasteiger partial charge in [0.1, 0.15) is 12.1 Å². The number of para-hydroxylation sites is 1. The van der Waals surface area contributed by atoms with Crippen LogP contribution in [0.15, 0.2) is 65.5 Å². The second-order valence-electron chi connectivity index (χ2n) is 16.7. The van der Waals surface area contributed by atoms with Crippen LogP contribution in [0.25, 0.3) is 11.0 Å². The summed E-state index contributed by atoms with van der Waals surface area (Å²) in [5.74, 6) is -1.47. The van der Waals surface area contributed by atoms with Crippen molar-refractivity contribution in [2.75, 3.05) is 18.1 Å². The maximum absolute atomic E-state index is 13.8. The molecule has 4 atom stereocenters. The van der Waals surface area contributed by atoms with E-state index in [0.717, 1.165) is 84.8 Å². The van der Waals surface area contributed by atoms with Gasteiger partial charge in [0.05, 0.1) is 35.5 Å². The first kappa shape index (κ1) is 43.5. The molecule has 61 heavy (non-hydrogen) atoms. The molecule has 4 N–H and O–H groups in total. The normalized spacial score (nSPS) is 18.5. The molecule has 0 bridgehead atoms. The molecule has 1 unspecified atom stereocenters. The van der Waals surface area contributed by atoms with Crippen molar-refractivity contribution in [2.45, 2.75) is 128 Å². The molecule has 3 aromatic carbocycles. The lowest BCUT2D eigenvalue weighted by Gasteiger charge is -2.29. The number of amides is 5. The predicted molar refractivity (Wildman–Crippen MR) is 231 cm³/mol. The number of imide groups is 1. The molecular weight excluding hydrogens is 777 g/mol. The highest BCUT2D eigenvalue weighted by molar-refractivity contribution is 6.04. The fourth-order valence-corrected chi connectivity index (χ4v) is 8.97. The van der Waals surface area contributed by atoms with Gasteiger partial charge in [-0.05, 0) is 105 Å². The van der Waals surface area contributed by atoms with Crippen molar-refractivity contribution >= 4 is 46.3 Å². The third-order valence-electron chi connectivity index (χ3n) is 12.4. The molecule has 4 aromatic rings. The molecule has 5 amide bonds. The third kappa shape index (κ3) is 10.3. The van der Waals surface area contributed by atoms with Crippen LogP contribution in [-0.4, -0.2) is 70.1 Å². The van der Waals surface area contributed by atoms with Crippen LogP contribution in [0.2, 0.25) is 0 Å². The molecule has 0 radical (unpaired) electrons. The average molecular weight is 835 g/mol. The van der Waals surface area contributed by atoms with Gasteiger partial charge in [0.15, 0.2) is 0 Å². The summed E-state index contributed by atoms with van der Waals surface area (Å²) in [4.78, 5) is 77.5. The number of hydrogen-bond acceptors (Lipinski definition) is 8. The summed E-state index contributed by atoms with van der Waals surface area (Å²) in [6.45, 7) is 3.57. The minimum atomic E-state index is -0.693. The van der Waals surface area contributed by atoms with Crippen molar-refractivity contribution < 1.29 is 33.4 Å². The number of ether oxygens (including phenoxy) is 2. The van der Waals surface area contributed by atoms with E-state index >= 15 is 0 Å². The van der Waals surface area contributed by atoms with Gasteiger partial charge in [0, 0.05) is 45.9 Å². The van der Waals surface area contributed by atoms with E-state index in [1.165, 1.54) is 10.1 Å². The average Bonchev–Trinajstić information content (AvgIpc) is 3.69. The Morgan fingerprint density at radius 3 is 2.39 bits per heavy atom. The van der Waals surface area contributed by atoms with E-state index in [4.69, 9.17) is 15.2 Å². The molecule has 3 aliphatic rings. The van der Waals surface area contributed by atoms with Crippen LogP contribution < -0.4 is 27.0 Å². The van der Waals surface area contributed by atoms with Crippen LogP contribution in [0.4, 0.5) is 5.69 Å². The quantitative estimate of drug-likeness (QED) is 0.0851. The highest BCUT2D eigenvalue weighted by Gasteiger charge is 2.41. The zero-order chi connectivity index (χ0) is 43.0. The van der Waals surface area contributed by atoms with Gasteiger partial charge in [0.25, 0.3) is 0 Å². The molecule has 0 saturated carbocycles. The molecule has 0 spiro atoms. The standard InChI is InChI=1S/C47H58N6O8/c1-30(36(20-23-41(48)54)49-46(58)40-28-35-13-6-11-34-12-7-14-43(56)53(40)44(34)35)61-29-33-17-15-31(16-18-33)9-4-3-5-25-60-26-8-10-32-19-21-37-39(27-32)51(2)47(59)52(37)38-22-24-42(55)50-45(38)57/h6,11,13,15-19,21,27,30,36,38,40H,3-5,7-10,12,14,20,22-26,28-29H2,1-2H3,(H2,48,54)(H,49,58)(H,50,55,57)/t30-,36+,38?,40+/m1/s1. The zero-order valence-electron chi connectivity index (χ0n) is 35.3. The summed E-state index contributed by atoms with van der Waals surface area (Å²) < 4.78 is 15.2. The zero-order valence-corrected chi connectivity index (χ0v) is 35.3. The first-order valence-corrected chi connectivity index (χ1v) is 21.8. The van der Waals surface area contributed by atoms with Gasteiger partial charge < -0.3 is 20.5 Å². The Bertz CT molecular complexity index is 2320. The number of primary amides is 1. The minimum absolute atomic E-state index is 0.0328. The first-order valence-electron chi connectivity index (χ1n) is 21.8. The highest BCUT2D eigenvalue weighted by atomic mass is 16.5. The number of hydrogen-bond donors (Lipinski definition) is 3. The number of nitrogens with two attached hydrogens (primary N) is 1. The Morgan fingerprint density at radius 2 is 1.61 bits per heavy atom. The lowest BCUT2D eigenvalue weighted by atomic mass is 10.0. The number of aryl methyl sites for hydroxylation is 4. The number of fused-ring (bicyclic) bond motifs is 1. The molecule has 3 aliphatic heterocycles. The molecule has 14 heteroatoms. The van der Waals surface area contributed by atoms with Crippen LogP contribution in [0.1, 0.15) is 105 Å². The maximum atomic E-state index is 13.8. The van der Waals surface area contributed by atoms with E-state index in [1.807, 2.05) is 43.3 Å². The van der Waals surface area contributed by atoms with Gasteiger partial charge in [-0.1, -0.05) is 55.0 Å². The summed E-state index contributed by atoms with van der Waals surface area (Å²) in [5.41, 5.74) is 13.0. The minimum Gasteiger partial charge on any atom is -0.381 e. The monoisotopic (exact) mass is 834 g/mol. The summed E-state index contributed by atoms with van der Waals surface area (Å²) in [7, 11) is 1.70. The fourth-order valence-electron chi connectivity index (χ4n) is 8.97. The van der Waals surface area contributed by atoms with Crippen molar-refractivity contribution in [3.63, 3.8) is 0 Å². The second kappa shape index (κ2) is 19.9. The number of nitrogens with one attached hydrogen (secondary N) is 2. The highest BCUT2D eigenvalue weighted by Crippen LogP contribution is 2.39. The van der Waals surface area contributed by atoms with Gasteiger partial charge in [-0.2, -0.15) is 0 Å². The molecule has 1 saturated heterocycles. The lowest BCUT2D eigenvalue weighted by molar-refractivity contribution is -0.135. The van der Waals surface area contributed by atoms with Gasteiger partial charge in [0.2, 0.25) is 29.5 Å². The topological polar surface area (TPSA) is 184 Å². The van der Waals surface area contributed by atoms with Crippen LogP contribution >= 0.6 is 0 Å². The van der Waals surface area contributed by atoms with Crippen LogP contribution in [0.5, 0.6) is 0 Å². The van der Waals surface area contributed by atoms with Crippen molar-refractivity contribution in [1.82, 2.24) is 19.8 Å². The SMILES string of the molecule is C[C@@H](OCc1ccc(CCCCCOCCCc2ccc3c(c2)n(C)c(=O)n3C2CCC(=O)NC2=O)cc1)[C@H](CCC(N)=O)NC(=O)[C@@H]1Cc2cccc3c2N1C(=O)CCC3. The van der Waals surface area contributed by atoms with E-state index in [1.54, 1.807) is 16.5 Å². The number of carbonyl (C=O) groups excluding carboxylic acids is 5. The lowest BCUT2D eigenvalue weighted by Crippen LogP contribution is -2.53. The Kier molecular flexibility index (Phi) is 14.2. The second-order valence-corrected chi connectivity index (χ2v) is 16.7. The summed E-state index contributed by atoms with van der Waals surface area (Å²) in [6.07, 6.45) is 8.67. The van der Waals surface area contributed by atoms with E-state index < -0.39 is 36.0 Å². The number of imidazole rings is 1. The van der Waals surface area contributed by atoms with E-state index in [2.05, 4.69) is 34.9 Å². The summed E-state index contributed by atoms with van der Waals surface area (Å²) in [6, 6.07) is 18.5. The largest absolute Gasteiger partial charge is 0.381 e. The molecule has 4 heterocycles. The predicted octanol–water partition coefficient (Wildman–Crippen LogP) is 4.63. The van der Waals surface area contributed by atoms with Crippen molar-refractivity contribution in [3.05, 3.63) is 99.0 Å².